The Labute approximate surface area is 158 Å². The Morgan fingerprint density at radius 1 is 1.23 bits per heavy atom. The number of ether oxygens (including phenoxy) is 1. The lowest BCUT2D eigenvalue weighted by molar-refractivity contribution is -0.156. The van der Waals surface area contributed by atoms with Crippen molar-refractivity contribution in [2.24, 2.45) is 21.7 Å². The summed E-state index contributed by atoms with van der Waals surface area (Å²) in [7, 11) is 0. The maximum Gasteiger partial charge on any atom is 0.331 e. The first-order valence-electron chi connectivity index (χ1n) is 9.87. The number of benzene rings is 1. The van der Waals surface area contributed by atoms with Crippen molar-refractivity contribution in [3.63, 3.8) is 0 Å². The first-order valence-corrected chi connectivity index (χ1v) is 9.87. The van der Waals surface area contributed by atoms with Gasteiger partial charge in [-0.1, -0.05) is 51.1 Å². The van der Waals surface area contributed by atoms with Crippen molar-refractivity contribution in [3.8, 4) is 0 Å². The number of carbonyl (C=O) groups excluding carboxylic acids is 1. The molecule has 2 saturated carbocycles. The van der Waals surface area contributed by atoms with Crippen LogP contribution in [0.15, 0.2) is 35.3 Å². The smallest absolute Gasteiger partial charge is 0.331 e. The minimum Gasteiger partial charge on any atom is -0.458 e. The number of carbonyl (C=O) groups is 1. The van der Waals surface area contributed by atoms with E-state index in [1.54, 1.807) is 0 Å². The van der Waals surface area contributed by atoms with Crippen molar-refractivity contribution in [1.29, 1.82) is 0 Å². The van der Waals surface area contributed by atoms with Gasteiger partial charge in [-0.2, -0.15) is 0 Å². The lowest BCUT2D eigenvalue weighted by atomic mass is 9.70. The van der Waals surface area contributed by atoms with Crippen LogP contribution in [0, 0.1) is 16.7 Å². The van der Waals surface area contributed by atoms with Crippen LogP contribution in [0.3, 0.4) is 0 Å². The third-order valence-electron chi connectivity index (χ3n) is 6.77. The van der Waals surface area contributed by atoms with Crippen LogP contribution in [0.25, 0.3) is 0 Å². The molecule has 0 aliphatic heterocycles. The molecular weight excluding hydrogens is 322 g/mol. The number of fused-ring (bicyclic) bond motifs is 2. The molecule has 3 atom stereocenters. The van der Waals surface area contributed by atoms with Gasteiger partial charge >= 0.3 is 5.97 Å². The minimum atomic E-state index is -0.496. The lowest BCUT2D eigenvalue weighted by Gasteiger charge is -2.35. The number of aliphatic imine (C=N–C) groups is 1. The highest BCUT2D eigenvalue weighted by Gasteiger charge is 2.59. The summed E-state index contributed by atoms with van der Waals surface area (Å²) in [5.74, 6) is 0.472. The highest BCUT2D eigenvalue weighted by atomic mass is 16.6. The summed E-state index contributed by atoms with van der Waals surface area (Å²) in [5.41, 5.74) is 2.22. The van der Waals surface area contributed by atoms with E-state index in [-0.39, 0.29) is 16.8 Å². The van der Waals surface area contributed by atoms with E-state index in [9.17, 15) is 4.79 Å². The molecule has 142 valence electrons. The van der Waals surface area contributed by atoms with Crippen LogP contribution >= 0.6 is 0 Å². The number of esters is 1. The summed E-state index contributed by atoms with van der Waals surface area (Å²) < 4.78 is 5.70. The van der Waals surface area contributed by atoms with E-state index >= 15 is 0 Å². The summed E-state index contributed by atoms with van der Waals surface area (Å²) >= 11 is 0. The normalized spacial score (nSPS) is 29.8. The van der Waals surface area contributed by atoms with Gasteiger partial charge in [0.15, 0.2) is 6.04 Å². The van der Waals surface area contributed by atoms with Gasteiger partial charge in [0.25, 0.3) is 0 Å². The van der Waals surface area contributed by atoms with Gasteiger partial charge in [-0.3, -0.25) is 4.99 Å². The van der Waals surface area contributed by atoms with E-state index in [1.807, 2.05) is 39.0 Å². The highest BCUT2D eigenvalue weighted by molar-refractivity contribution is 5.96. The molecule has 2 aliphatic rings. The van der Waals surface area contributed by atoms with E-state index in [0.717, 1.165) is 12.0 Å². The summed E-state index contributed by atoms with van der Waals surface area (Å²) in [5, 5.41) is 0. The van der Waals surface area contributed by atoms with Crippen LogP contribution in [0.2, 0.25) is 0 Å². The van der Waals surface area contributed by atoms with Crippen LogP contribution in [0.4, 0.5) is 0 Å². The zero-order valence-electron chi connectivity index (χ0n) is 17.1. The van der Waals surface area contributed by atoms with E-state index in [1.165, 1.54) is 18.6 Å². The topological polar surface area (TPSA) is 38.7 Å². The molecule has 3 rings (SSSR count). The molecule has 2 bridgehead atoms. The van der Waals surface area contributed by atoms with Gasteiger partial charge in [-0.05, 0) is 56.9 Å². The molecule has 3 nitrogen and oxygen atoms in total. The number of hydrogen-bond donors (Lipinski definition) is 0. The Kier molecular flexibility index (Phi) is 4.79. The van der Waals surface area contributed by atoms with E-state index in [4.69, 9.17) is 9.73 Å². The molecule has 0 saturated heterocycles. The Morgan fingerprint density at radius 2 is 1.88 bits per heavy atom. The molecule has 0 N–H and O–H groups in total. The zero-order valence-corrected chi connectivity index (χ0v) is 17.1. The predicted octanol–water partition coefficient (Wildman–Crippen LogP) is 5.23. The third-order valence-corrected chi connectivity index (χ3v) is 6.77. The molecule has 0 radical (unpaired) electrons. The van der Waals surface area contributed by atoms with Gasteiger partial charge < -0.3 is 4.74 Å². The zero-order chi connectivity index (χ0) is 19.2. The fourth-order valence-corrected chi connectivity index (χ4v) is 4.70. The van der Waals surface area contributed by atoms with Crippen LogP contribution in [0.1, 0.15) is 66.4 Å². The van der Waals surface area contributed by atoms with Crippen molar-refractivity contribution in [3.05, 3.63) is 35.9 Å². The number of hydrogen-bond acceptors (Lipinski definition) is 3. The second-order valence-corrected chi connectivity index (χ2v) is 9.81. The first-order chi connectivity index (χ1) is 12.0. The van der Waals surface area contributed by atoms with Crippen LogP contribution in [-0.2, 0) is 16.0 Å². The number of nitrogens with zero attached hydrogens (tertiary/aromatic N) is 1. The highest BCUT2D eigenvalue weighted by Crippen LogP contribution is 2.64. The largest absolute Gasteiger partial charge is 0.458 e. The van der Waals surface area contributed by atoms with E-state index in [2.05, 4.69) is 32.9 Å². The summed E-state index contributed by atoms with van der Waals surface area (Å²) in [6, 6.07) is 9.68. The molecular formula is C23H33NO2. The molecule has 1 aromatic carbocycles. The van der Waals surface area contributed by atoms with Gasteiger partial charge in [0.1, 0.15) is 5.60 Å². The predicted molar refractivity (Wildman–Crippen MR) is 106 cm³/mol. The molecule has 2 aliphatic carbocycles. The quantitative estimate of drug-likeness (QED) is 0.694. The van der Waals surface area contributed by atoms with Crippen molar-refractivity contribution in [2.45, 2.75) is 78.9 Å². The van der Waals surface area contributed by atoms with E-state index in [0.29, 0.717) is 12.3 Å². The first kappa shape index (κ1) is 19.1. The van der Waals surface area contributed by atoms with Gasteiger partial charge in [0.2, 0.25) is 0 Å². The molecule has 1 aromatic rings. The van der Waals surface area contributed by atoms with Gasteiger partial charge in [-0.25, -0.2) is 4.79 Å². The Bertz CT molecular complexity index is 699. The van der Waals surface area contributed by atoms with Crippen molar-refractivity contribution < 1.29 is 9.53 Å². The fraction of sp³-hybridized carbons (Fsp3) is 0.652. The minimum absolute atomic E-state index is 0.106. The van der Waals surface area contributed by atoms with Gasteiger partial charge in [0, 0.05) is 17.5 Å². The summed E-state index contributed by atoms with van der Waals surface area (Å²) in [6.07, 6.45) is 4.08. The van der Waals surface area contributed by atoms with Gasteiger partial charge in [0.05, 0.1) is 0 Å². The van der Waals surface area contributed by atoms with Crippen LogP contribution in [-0.4, -0.2) is 23.3 Å². The SMILES string of the molecule is CC(C)(C)OC(=O)[C@H](Cc1ccccc1)N=C1C[C@H]2CC[C@]1(C)C2(C)C. The number of rotatable bonds is 4. The molecule has 0 spiro atoms. The summed E-state index contributed by atoms with van der Waals surface area (Å²) in [6.45, 7) is 12.8. The van der Waals surface area contributed by atoms with E-state index < -0.39 is 11.6 Å². The molecule has 0 unspecified atom stereocenters. The monoisotopic (exact) mass is 355 g/mol. The fourth-order valence-electron chi connectivity index (χ4n) is 4.70. The van der Waals surface area contributed by atoms with Crippen LogP contribution in [0.5, 0.6) is 0 Å². The van der Waals surface area contributed by atoms with Crippen LogP contribution < -0.4 is 0 Å². The average molecular weight is 356 g/mol. The molecule has 0 aromatic heterocycles. The molecule has 26 heavy (non-hydrogen) atoms. The summed E-state index contributed by atoms with van der Waals surface area (Å²) in [4.78, 5) is 17.9. The maximum absolute atomic E-state index is 12.9. The average Bonchev–Trinajstić information content (AvgIpc) is 2.87. The Balaban J connectivity index is 1.90. The molecule has 0 amide bonds. The maximum atomic E-state index is 12.9. The second-order valence-electron chi connectivity index (χ2n) is 9.81. The molecule has 0 heterocycles. The molecule has 3 heteroatoms. The van der Waals surface area contributed by atoms with Crippen molar-refractivity contribution in [1.82, 2.24) is 0 Å². The van der Waals surface area contributed by atoms with Crippen molar-refractivity contribution in [2.75, 3.05) is 0 Å². The Morgan fingerprint density at radius 3 is 2.38 bits per heavy atom. The van der Waals surface area contributed by atoms with Gasteiger partial charge in [-0.15, -0.1) is 0 Å². The Hall–Kier alpha value is -1.64. The van der Waals surface area contributed by atoms with Crippen molar-refractivity contribution >= 4 is 11.7 Å². The second kappa shape index (κ2) is 6.51. The third kappa shape index (κ3) is 3.45. The molecule has 2 fully saturated rings. The lowest BCUT2D eigenvalue weighted by Crippen LogP contribution is -2.36. The standard InChI is InChI=1S/C23H33NO2/c1-21(2,3)26-20(25)18(14-16-10-8-7-9-11-16)24-19-15-17-12-13-23(19,6)22(17,4)5/h7-11,17-18H,12-15H2,1-6H3/t17-,18+,23+/m1/s1.